The molecule has 0 aromatic heterocycles. The molecule has 0 saturated carbocycles. The van der Waals surface area contributed by atoms with Gasteiger partial charge in [0.15, 0.2) is 6.61 Å². The van der Waals surface area contributed by atoms with Crippen LogP contribution in [-0.4, -0.2) is 41.2 Å². The lowest BCUT2D eigenvalue weighted by Gasteiger charge is -2.26. The quantitative estimate of drug-likeness (QED) is 0.184. The third-order valence-corrected chi connectivity index (χ3v) is 7.23. The van der Waals surface area contributed by atoms with Crippen LogP contribution in [0.15, 0.2) is 24.3 Å². The maximum absolute atomic E-state index is 13.2. The highest BCUT2D eigenvalue weighted by molar-refractivity contribution is 6.55. The molecule has 0 fully saturated rings. The predicted molar refractivity (Wildman–Crippen MR) is 136 cm³/mol. The summed E-state index contributed by atoms with van der Waals surface area (Å²) in [6.45, 7) is 4.96. The molecule has 186 valence electrons. The zero-order valence-corrected chi connectivity index (χ0v) is 22.1. The van der Waals surface area contributed by atoms with Gasteiger partial charge >= 0.3 is 5.97 Å². The smallest absolute Gasteiger partial charge is 0.329 e. The minimum atomic E-state index is -1.32. The van der Waals surface area contributed by atoms with Gasteiger partial charge in [0.05, 0.1) is 31.2 Å². The van der Waals surface area contributed by atoms with Crippen LogP contribution in [0.5, 0.6) is 0 Å². The Balaban J connectivity index is 1.82. The van der Waals surface area contributed by atoms with Gasteiger partial charge in [-0.3, -0.25) is 19.3 Å². The van der Waals surface area contributed by atoms with Crippen molar-refractivity contribution < 1.29 is 23.9 Å². The molecule has 2 aromatic carbocycles. The van der Waals surface area contributed by atoms with Crippen molar-refractivity contribution >= 4 is 75.8 Å². The number of carbonyl (C=O) groups excluding carboxylic acids is 4. The van der Waals surface area contributed by atoms with Crippen molar-refractivity contribution in [2.75, 3.05) is 11.9 Å². The van der Waals surface area contributed by atoms with Crippen LogP contribution in [0.1, 0.15) is 53.5 Å². The summed E-state index contributed by atoms with van der Waals surface area (Å²) in [6, 6.07) is 5.92. The number of hydrogen-bond acceptors (Lipinski definition) is 5. The van der Waals surface area contributed by atoms with Crippen molar-refractivity contribution in [3.05, 3.63) is 61.0 Å². The van der Waals surface area contributed by atoms with Crippen LogP contribution >= 0.6 is 46.4 Å². The number of anilines is 1. The highest BCUT2D eigenvalue weighted by atomic mass is 35.5. The average Bonchev–Trinajstić information content (AvgIpc) is 3.08. The first-order chi connectivity index (χ1) is 16.5. The van der Waals surface area contributed by atoms with E-state index < -0.39 is 36.3 Å². The number of nitrogens with zero attached hydrogens (tertiary/aromatic N) is 1. The molecule has 3 amide bonds. The van der Waals surface area contributed by atoms with Crippen LogP contribution in [0.4, 0.5) is 5.69 Å². The van der Waals surface area contributed by atoms with Gasteiger partial charge in [0.1, 0.15) is 6.04 Å². The molecular weight excluding hydrogens is 538 g/mol. The van der Waals surface area contributed by atoms with Crippen LogP contribution in [0.2, 0.25) is 20.1 Å². The number of halogens is 4. The molecule has 1 unspecified atom stereocenters. The van der Waals surface area contributed by atoms with Crippen molar-refractivity contribution in [1.82, 2.24) is 4.90 Å². The van der Waals surface area contributed by atoms with Crippen LogP contribution in [0, 0.1) is 5.92 Å². The maximum atomic E-state index is 13.2. The Morgan fingerprint density at radius 3 is 2.00 bits per heavy atom. The number of benzene rings is 2. The Morgan fingerprint density at radius 2 is 1.49 bits per heavy atom. The molecule has 0 bridgehead atoms. The summed E-state index contributed by atoms with van der Waals surface area (Å²) in [5, 5.41) is 1.88. The molecule has 1 atom stereocenters. The van der Waals surface area contributed by atoms with Gasteiger partial charge in [-0.1, -0.05) is 85.4 Å². The standard InChI is InChI=1S/C24H22Cl4N2O5/c1-4-12-7-5-6-8-13(12)29-15(31)10-35-24(34)14(9-11(2)3)30-22(32)16-17(23(30)33)19(26)21(28)20(27)18(16)25/h5-8,11,14H,4,9-10H2,1-3H3,(H,29,31). The van der Waals surface area contributed by atoms with E-state index >= 15 is 0 Å². The molecule has 0 spiro atoms. The Morgan fingerprint density at radius 1 is 0.943 bits per heavy atom. The highest BCUT2D eigenvalue weighted by Crippen LogP contribution is 2.45. The highest BCUT2D eigenvalue weighted by Gasteiger charge is 2.47. The van der Waals surface area contributed by atoms with Gasteiger partial charge in [0.25, 0.3) is 17.7 Å². The second-order valence-corrected chi connectivity index (χ2v) is 9.81. The Labute approximate surface area is 222 Å². The second kappa shape index (κ2) is 11.2. The minimum Gasteiger partial charge on any atom is -0.454 e. The molecular formula is C24H22Cl4N2O5. The third kappa shape index (κ3) is 5.43. The molecule has 0 radical (unpaired) electrons. The van der Waals surface area contributed by atoms with E-state index in [0.29, 0.717) is 12.1 Å². The fourth-order valence-electron chi connectivity index (χ4n) is 3.77. The normalized spacial score (nSPS) is 13.8. The van der Waals surface area contributed by atoms with Gasteiger partial charge in [-0.05, 0) is 30.4 Å². The van der Waals surface area contributed by atoms with Crippen molar-refractivity contribution in [3.8, 4) is 0 Å². The van der Waals surface area contributed by atoms with Crippen LogP contribution in [0.3, 0.4) is 0 Å². The number of imide groups is 1. The number of nitrogens with one attached hydrogen (secondary N) is 1. The lowest BCUT2D eigenvalue weighted by Crippen LogP contribution is -2.47. The van der Waals surface area contributed by atoms with Gasteiger partial charge in [0.2, 0.25) is 0 Å². The van der Waals surface area contributed by atoms with Gasteiger partial charge in [0, 0.05) is 5.69 Å². The molecule has 11 heteroatoms. The van der Waals surface area contributed by atoms with E-state index in [2.05, 4.69) is 5.32 Å². The van der Waals surface area contributed by atoms with Crippen LogP contribution in [0.25, 0.3) is 0 Å². The van der Waals surface area contributed by atoms with Gasteiger partial charge in [-0.2, -0.15) is 0 Å². The van der Waals surface area contributed by atoms with E-state index in [0.717, 1.165) is 10.5 Å². The Bertz CT molecular complexity index is 1170. The largest absolute Gasteiger partial charge is 0.454 e. The van der Waals surface area contributed by atoms with Crippen molar-refractivity contribution in [1.29, 1.82) is 0 Å². The van der Waals surface area contributed by atoms with E-state index in [-0.39, 0.29) is 43.6 Å². The third-order valence-electron chi connectivity index (χ3n) is 5.43. The summed E-state index contributed by atoms with van der Waals surface area (Å²) in [5.74, 6) is -3.29. The molecule has 2 aromatic rings. The average molecular weight is 560 g/mol. The summed E-state index contributed by atoms with van der Waals surface area (Å²) in [5.41, 5.74) is 1.06. The van der Waals surface area contributed by atoms with Gasteiger partial charge < -0.3 is 10.1 Å². The topological polar surface area (TPSA) is 92.8 Å². The zero-order valence-electron chi connectivity index (χ0n) is 19.1. The van der Waals surface area contributed by atoms with Gasteiger partial charge in [-0.15, -0.1) is 0 Å². The number of esters is 1. The van der Waals surface area contributed by atoms with E-state index in [1.807, 2.05) is 19.1 Å². The first-order valence-corrected chi connectivity index (χ1v) is 12.3. The lowest BCUT2D eigenvalue weighted by atomic mass is 10.0. The SMILES string of the molecule is CCc1ccccc1NC(=O)COC(=O)C(CC(C)C)N1C(=O)c2c(Cl)c(Cl)c(Cl)c(Cl)c2C1=O. The molecule has 1 N–H and O–H groups in total. The fraction of sp³-hybridized carbons (Fsp3) is 0.333. The number of fused-ring (bicyclic) bond motifs is 1. The van der Waals surface area contributed by atoms with Crippen molar-refractivity contribution in [2.24, 2.45) is 5.92 Å². The number of amides is 3. The molecule has 7 nitrogen and oxygen atoms in total. The summed E-state index contributed by atoms with van der Waals surface area (Å²) < 4.78 is 5.21. The van der Waals surface area contributed by atoms with Crippen LogP contribution < -0.4 is 5.32 Å². The zero-order chi connectivity index (χ0) is 26.0. The number of rotatable bonds is 8. The molecule has 3 rings (SSSR count). The van der Waals surface area contributed by atoms with E-state index in [1.165, 1.54) is 0 Å². The number of para-hydroxylation sites is 1. The lowest BCUT2D eigenvalue weighted by molar-refractivity contribution is -0.151. The van der Waals surface area contributed by atoms with Crippen LogP contribution in [-0.2, 0) is 20.7 Å². The van der Waals surface area contributed by atoms with Gasteiger partial charge in [-0.25, -0.2) is 4.79 Å². The molecule has 35 heavy (non-hydrogen) atoms. The molecule has 1 aliphatic heterocycles. The molecule has 0 aliphatic carbocycles. The summed E-state index contributed by atoms with van der Waals surface area (Å²) in [7, 11) is 0. The summed E-state index contributed by atoms with van der Waals surface area (Å²) in [4.78, 5) is 52.6. The Hall–Kier alpha value is -2.32. The summed E-state index contributed by atoms with van der Waals surface area (Å²) in [6.07, 6.45) is 0.785. The predicted octanol–water partition coefficient (Wildman–Crippen LogP) is 6.06. The summed E-state index contributed by atoms with van der Waals surface area (Å²) >= 11 is 24.5. The second-order valence-electron chi connectivity index (χ2n) is 8.30. The Kier molecular flexibility index (Phi) is 8.70. The van der Waals surface area contributed by atoms with Crippen molar-refractivity contribution in [2.45, 2.75) is 39.7 Å². The van der Waals surface area contributed by atoms with E-state index in [1.54, 1.807) is 26.0 Å². The monoisotopic (exact) mass is 558 g/mol. The number of ether oxygens (including phenoxy) is 1. The minimum absolute atomic E-state index is 0.0846. The van der Waals surface area contributed by atoms with Crippen molar-refractivity contribution in [3.63, 3.8) is 0 Å². The molecule has 1 heterocycles. The molecule has 1 aliphatic rings. The fourth-order valence-corrected chi connectivity index (χ4v) is 4.79. The maximum Gasteiger partial charge on any atom is 0.329 e. The molecule has 0 saturated heterocycles. The number of aryl methyl sites for hydroxylation is 1. The number of carbonyl (C=O) groups is 4. The van der Waals surface area contributed by atoms with E-state index in [4.69, 9.17) is 51.1 Å². The van der Waals surface area contributed by atoms with E-state index in [9.17, 15) is 19.2 Å². The first kappa shape index (κ1) is 27.3. The number of hydrogen-bond donors (Lipinski definition) is 1. The first-order valence-electron chi connectivity index (χ1n) is 10.8.